The maximum absolute atomic E-state index is 12.1. The van der Waals surface area contributed by atoms with Crippen LogP contribution in [0.2, 0.25) is 0 Å². The summed E-state index contributed by atoms with van der Waals surface area (Å²) < 4.78 is 9.13. The fraction of sp³-hybridized carbons (Fsp3) is 0.400. The van der Waals surface area contributed by atoms with E-state index in [4.69, 9.17) is 0 Å². The van der Waals surface area contributed by atoms with Crippen LogP contribution in [-0.2, 0) is 28.7 Å². The molecule has 26 heavy (non-hydrogen) atoms. The Kier molecular flexibility index (Phi) is 7.62. The summed E-state index contributed by atoms with van der Waals surface area (Å²) in [6.07, 6.45) is -1.11. The van der Waals surface area contributed by atoms with E-state index in [-0.39, 0.29) is 0 Å². The smallest absolute Gasteiger partial charge is 0.334 e. The van der Waals surface area contributed by atoms with E-state index in [2.05, 4.69) is 22.6 Å². The lowest BCUT2D eigenvalue weighted by molar-refractivity contribution is -0.146. The van der Waals surface area contributed by atoms with E-state index >= 15 is 0 Å². The Morgan fingerprint density at radius 2 is 1.23 bits per heavy atom. The number of esters is 2. The first-order valence-corrected chi connectivity index (χ1v) is 7.33. The quantitative estimate of drug-likeness (QED) is 0.192. The third-order valence-corrected chi connectivity index (χ3v) is 3.09. The van der Waals surface area contributed by atoms with Gasteiger partial charge in [0.2, 0.25) is 0 Å². The van der Waals surface area contributed by atoms with E-state index in [1.165, 1.54) is 0 Å². The lowest BCUT2D eigenvalue weighted by Gasteiger charge is -2.20. The van der Waals surface area contributed by atoms with Crippen molar-refractivity contribution in [3.63, 3.8) is 0 Å². The number of amides is 4. The van der Waals surface area contributed by atoms with Crippen LogP contribution in [0, 0.1) is 0 Å². The molecule has 4 amide bonds. The van der Waals surface area contributed by atoms with Crippen LogP contribution in [0.1, 0.15) is 0 Å². The number of hydrogen-bond acceptors (Lipinski definition) is 9. The lowest BCUT2D eigenvalue weighted by atomic mass is 10.3. The standard InChI is InChI=1S/C15H18N2O9/c1-3-11(20)25-7-9(18)5-16-13(22)14(23)17(15(16)24)6-10(19)8-26-12(21)4-2/h3-4,9-10,18-19H,1-2,5-8H2. The van der Waals surface area contributed by atoms with Crippen molar-refractivity contribution in [1.82, 2.24) is 9.80 Å². The summed E-state index contributed by atoms with van der Waals surface area (Å²) in [5.41, 5.74) is 0. The number of β-amino-alcohol motifs (C(OH)–C–C–N with tert-alkyl or cyclic N) is 2. The minimum Gasteiger partial charge on any atom is -0.460 e. The monoisotopic (exact) mass is 370 g/mol. The Hall–Kier alpha value is -3.05. The number of rotatable bonds is 10. The Balaban J connectivity index is 2.62. The molecule has 0 aliphatic carbocycles. The highest BCUT2D eigenvalue weighted by Crippen LogP contribution is 2.13. The largest absolute Gasteiger partial charge is 0.460 e. The van der Waals surface area contributed by atoms with Gasteiger partial charge in [-0.15, -0.1) is 0 Å². The molecule has 1 aliphatic heterocycles. The van der Waals surface area contributed by atoms with Gasteiger partial charge < -0.3 is 19.7 Å². The number of aliphatic hydroxyl groups is 2. The van der Waals surface area contributed by atoms with Crippen molar-refractivity contribution in [1.29, 1.82) is 0 Å². The highest BCUT2D eigenvalue weighted by Gasteiger charge is 2.45. The zero-order chi connectivity index (χ0) is 19.9. The minimum atomic E-state index is -1.42. The van der Waals surface area contributed by atoms with Crippen LogP contribution in [0.5, 0.6) is 0 Å². The highest BCUT2D eigenvalue weighted by molar-refractivity contribution is 6.44. The Bertz CT molecular complexity index is 579. The van der Waals surface area contributed by atoms with Crippen LogP contribution in [0.3, 0.4) is 0 Å². The molecule has 11 nitrogen and oxygen atoms in total. The first kappa shape index (κ1) is 21.0. The van der Waals surface area contributed by atoms with Gasteiger partial charge in [-0.25, -0.2) is 14.4 Å². The Labute approximate surface area is 148 Å². The summed E-state index contributed by atoms with van der Waals surface area (Å²) in [6.45, 7) is 4.10. The van der Waals surface area contributed by atoms with Crippen molar-refractivity contribution < 1.29 is 43.7 Å². The second-order valence-corrected chi connectivity index (χ2v) is 5.09. The van der Waals surface area contributed by atoms with Gasteiger partial charge in [0.25, 0.3) is 0 Å². The molecule has 11 heteroatoms. The molecule has 0 radical (unpaired) electrons. The third kappa shape index (κ3) is 5.50. The number of carbonyl (C=O) groups is 5. The van der Waals surface area contributed by atoms with Gasteiger partial charge in [0.1, 0.15) is 25.4 Å². The zero-order valence-corrected chi connectivity index (χ0v) is 13.7. The van der Waals surface area contributed by atoms with Gasteiger partial charge in [-0.2, -0.15) is 0 Å². The molecule has 0 aromatic carbocycles. The molecule has 0 spiro atoms. The molecule has 0 saturated carbocycles. The average molecular weight is 370 g/mol. The molecular weight excluding hydrogens is 352 g/mol. The number of urea groups is 1. The summed E-state index contributed by atoms with van der Waals surface area (Å²) in [4.78, 5) is 58.5. The number of imide groups is 2. The molecule has 0 aromatic rings. The van der Waals surface area contributed by atoms with E-state index in [1.807, 2.05) is 0 Å². The molecular formula is C15H18N2O9. The zero-order valence-electron chi connectivity index (χ0n) is 13.7. The molecule has 2 N–H and O–H groups in total. The molecule has 1 rings (SSSR count). The van der Waals surface area contributed by atoms with Crippen molar-refractivity contribution in [3.8, 4) is 0 Å². The Morgan fingerprint density at radius 1 is 0.885 bits per heavy atom. The third-order valence-electron chi connectivity index (χ3n) is 3.09. The maximum atomic E-state index is 12.1. The van der Waals surface area contributed by atoms with E-state index in [9.17, 15) is 34.2 Å². The average Bonchev–Trinajstić information content (AvgIpc) is 2.82. The van der Waals surface area contributed by atoms with Crippen LogP contribution in [0.15, 0.2) is 25.3 Å². The predicted octanol–water partition coefficient (Wildman–Crippen LogP) is -2.04. The van der Waals surface area contributed by atoms with Gasteiger partial charge in [-0.05, 0) is 0 Å². The molecule has 1 aliphatic rings. The van der Waals surface area contributed by atoms with Crippen molar-refractivity contribution >= 4 is 29.8 Å². The van der Waals surface area contributed by atoms with Gasteiger partial charge in [-0.1, -0.05) is 13.2 Å². The second kappa shape index (κ2) is 9.44. The van der Waals surface area contributed by atoms with Gasteiger partial charge in [0.15, 0.2) is 0 Å². The van der Waals surface area contributed by atoms with Gasteiger partial charge in [0, 0.05) is 12.2 Å². The summed E-state index contributed by atoms with van der Waals surface area (Å²) in [7, 11) is 0. The highest BCUT2D eigenvalue weighted by atomic mass is 16.5. The minimum absolute atomic E-state index is 0.456. The maximum Gasteiger partial charge on any atom is 0.334 e. The lowest BCUT2D eigenvalue weighted by Crippen LogP contribution is -2.42. The summed E-state index contributed by atoms with van der Waals surface area (Å²) in [6, 6.07) is -1.07. The summed E-state index contributed by atoms with van der Waals surface area (Å²) in [5.74, 6) is -4.03. The van der Waals surface area contributed by atoms with Gasteiger partial charge in [-0.3, -0.25) is 19.4 Å². The fourth-order valence-electron chi connectivity index (χ4n) is 1.87. The molecule has 1 heterocycles. The van der Waals surface area contributed by atoms with Gasteiger partial charge >= 0.3 is 29.8 Å². The molecule has 1 fully saturated rings. The van der Waals surface area contributed by atoms with Crippen LogP contribution in [0.4, 0.5) is 4.79 Å². The molecule has 0 bridgehead atoms. The molecule has 2 unspecified atom stereocenters. The predicted molar refractivity (Wildman–Crippen MR) is 83.1 cm³/mol. The van der Waals surface area contributed by atoms with Crippen molar-refractivity contribution in [2.75, 3.05) is 26.3 Å². The molecule has 142 valence electrons. The number of ether oxygens (including phenoxy) is 2. The topological polar surface area (TPSA) is 151 Å². The first-order chi connectivity index (χ1) is 12.2. The first-order valence-electron chi connectivity index (χ1n) is 7.33. The van der Waals surface area contributed by atoms with Crippen LogP contribution in [0.25, 0.3) is 0 Å². The summed E-state index contributed by atoms with van der Waals surface area (Å²) >= 11 is 0. The fourth-order valence-corrected chi connectivity index (χ4v) is 1.87. The molecule has 0 aromatic heterocycles. The van der Waals surface area contributed by atoms with Crippen LogP contribution < -0.4 is 0 Å². The van der Waals surface area contributed by atoms with E-state index in [0.717, 1.165) is 12.2 Å². The number of nitrogens with zero attached hydrogens (tertiary/aromatic N) is 2. The normalized spacial score (nSPS) is 16.3. The number of hydrogen-bond donors (Lipinski definition) is 2. The van der Waals surface area contributed by atoms with E-state index in [1.54, 1.807) is 0 Å². The molecule has 2 atom stereocenters. The van der Waals surface area contributed by atoms with E-state index < -0.39 is 68.3 Å². The van der Waals surface area contributed by atoms with Crippen molar-refractivity contribution in [2.45, 2.75) is 12.2 Å². The SMILES string of the molecule is C=CC(=O)OCC(O)CN1C(=O)C(=O)N(CC(O)COC(=O)C=C)C1=O. The Morgan fingerprint density at radius 3 is 1.54 bits per heavy atom. The van der Waals surface area contributed by atoms with Gasteiger partial charge in [0.05, 0.1) is 13.1 Å². The molecule has 1 saturated heterocycles. The van der Waals surface area contributed by atoms with Crippen molar-refractivity contribution in [2.24, 2.45) is 0 Å². The van der Waals surface area contributed by atoms with Crippen molar-refractivity contribution in [3.05, 3.63) is 25.3 Å². The summed E-state index contributed by atoms with van der Waals surface area (Å²) in [5, 5.41) is 19.4. The second-order valence-electron chi connectivity index (χ2n) is 5.09. The number of aliphatic hydroxyl groups excluding tert-OH is 2. The van der Waals surface area contributed by atoms with Crippen LogP contribution in [-0.4, -0.2) is 88.3 Å². The van der Waals surface area contributed by atoms with Crippen LogP contribution >= 0.6 is 0 Å². The number of carbonyl (C=O) groups excluding carboxylic acids is 5. The van der Waals surface area contributed by atoms with E-state index in [0.29, 0.717) is 9.80 Å².